The highest BCUT2D eigenvalue weighted by Gasteiger charge is 2.21. The first-order valence-corrected chi connectivity index (χ1v) is 11.3. The van der Waals surface area contributed by atoms with Gasteiger partial charge in [-0.15, -0.1) is 0 Å². The Morgan fingerprint density at radius 2 is 1.70 bits per heavy atom. The van der Waals surface area contributed by atoms with Crippen LogP contribution in [0, 0.1) is 0 Å². The van der Waals surface area contributed by atoms with Crippen molar-refractivity contribution in [3.63, 3.8) is 0 Å². The Morgan fingerprint density at radius 3 is 2.30 bits per heavy atom. The maximum atomic E-state index is 9.97. The Hall–Kier alpha value is -2.36. The van der Waals surface area contributed by atoms with Crippen molar-refractivity contribution >= 4 is 0 Å². The molecule has 33 heavy (non-hydrogen) atoms. The summed E-state index contributed by atoms with van der Waals surface area (Å²) in [6.45, 7) is 6.98. The van der Waals surface area contributed by atoms with E-state index in [0.29, 0.717) is 30.6 Å². The maximum Gasteiger partial charge on any atom is 0.157 e. The van der Waals surface area contributed by atoms with Crippen molar-refractivity contribution in [2.24, 2.45) is 0 Å². The molecule has 7 N–H and O–H groups in total. The number of phenols is 3. The maximum absolute atomic E-state index is 9.97. The highest BCUT2D eigenvalue weighted by Crippen LogP contribution is 2.27. The molecule has 2 aromatic carbocycles. The van der Waals surface area contributed by atoms with Crippen molar-refractivity contribution in [1.29, 1.82) is 0 Å². The number of rotatable bonds is 6. The van der Waals surface area contributed by atoms with E-state index in [1.807, 2.05) is 20.8 Å². The summed E-state index contributed by atoms with van der Waals surface area (Å²) >= 11 is 0. The molecule has 1 fully saturated rings. The number of aromatic hydroxyl groups is 3. The second-order valence-electron chi connectivity index (χ2n) is 9.53. The minimum absolute atomic E-state index is 0.0484. The molecule has 1 aliphatic rings. The zero-order chi connectivity index (χ0) is 24.6. The Labute approximate surface area is 195 Å². The van der Waals surface area contributed by atoms with Crippen LogP contribution < -0.4 is 5.32 Å². The lowest BCUT2D eigenvalue weighted by molar-refractivity contribution is -0.141. The molecule has 8 nitrogen and oxygen atoms in total. The molecule has 1 heterocycles. The van der Waals surface area contributed by atoms with Crippen LogP contribution in [0.1, 0.15) is 62.8 Å². The fourth-order valence-electron chi connectivity index (χ4n) is 3.62. The number of phenolic OH excluding ortho intramolecular Hbond substituents is 2. The SMILES string of the molecule is CC(C)(C)NCC(O)c1ccc(O)c(CO)c1.Oc1ccc(CC2CCCCN2O)cc1O. The van der Waals surface area contributed by atoms with Crippen LogP contribution in [-0.2, 0) is 13.0 Å². The molecule has 2 unspecified atom stereocenters. The summed E-state index contributed by atoms with van der Waals surface area (Å²) < 4.78 is 0. The van der Waals surface area contributed by atoms with Crippen LogP contribution >= 0.6 is 0 Å². The van der Waals surface area contributed by atoms with Gasteiger partial charge in [0.15, 0.2) is 11.5 Å². The van der Waals surface area contributed by atoms with E-state index in [2.05, 4.69) is 5.32 Å². The van der Waals surface area contributed by atoms with Gasteiger partial charge in [-0.05, 0) is 75.4 Å². The molecule has 0 amide bonds. The fourth-order valence-corrected chi connectivity index (χ4v) is 3.62. The lowest BCUT2D eigenvalue weighted by atomic mass is 9.97. The van der Waals surface area contributed by atoms with Gasteiger partial charge in [0.1, 0.15) is 5.75 Å². The highest BCUT2D eigenvalue weighted by atomic mass is 16.5. The predicted molar refractivity (Wildman–Crippen MR) is 126 cm³/mol. The number of hydrogen-bond donors (Lipinski definition) is 7. The molecule has 1 saturated heterocycles. The second kappa shape index (κ2) is 12.2. The summed E-state index contributed by atoms with van der Waals surface area (Å²) in [6, 6.07) is 9.69. The predicted octanol–water partition coefficient (Wildman–Crippen LogP) is 3.19. The molecule has 184 valence electrons. The minimum Gasteiger partial charge on any atom is -0.508 e. The molecule has 0 saturated carbocycles. The van der Waals surface area contributed by atoms with Gasteiger partial charge < -0.3 is 36.1 Å². The Balaban J connectivity index is 0.000000234. The largest absolute Gasteiger partial charge is 0.508 e. The Morgan fingerprint density at radius 1 is 1.00 bits per heavy atom. The number of hydroxylamine groups is 2. The van der Waals surface area contributed by atoms with Gasteiger partial charge in [0.25, 0.3) is 0 Å². The molecule has 0 radical (unpaired) electrons. The molecule has 1 aliphatic heterocycles. The first-order chi connectivity index (χ1) is 15.5. The fraction of sp³-hybridized carbons (Fsp3) is 0.520. The number of aliphatic hydroxyl groups is 2. The summed E-state index contributed by atoms with van der Waals surface area (Å²) in [5.41, 5.74) is 1.99. The van der Waals surface area contributed by atoms with Crippen LogP contribution in [0.4, 0.5) is 0 Å². The zero-order valence-electron chi connectivity index (χ0n) is 19.7. The molecule has 0 spiro atoms. The smallest absolute Gasteiger partial charge is 0.157 e. The molecule has 3 rings (SSSR count). The lowest BCUT2D eigenvalue weighted by Gasteiger charge is -2.30. The first-order valence-electron chi connectivity index (χ1n) is 11.3. The van der Waals surface area contributed by atoms with Gasteiger partial charge in [-0.2, -0.15) is 5.06 Å². The van der Waals surface area contributed by atoms with E-state index in [0.717, 1.165) is 24.8 Å². The van der Waals surface area contributed by atoms with E-state index in [1.54, 1.807) is 24.3 Å². The Bertz CT molecular complexity index is 884. The second-order valence-corrected chi connectivity index (χ2v) is 9.53. The molecule has 2 aromatic rings. The average Bonchev–Trinajstić information content (AvgIpc) is 2.76. The van der Waals surface area contributed by atoms with Gasteiger partial charge in [0.2, 0.25) is 0 Å². The van der Waals surface area contributed by atoms with Crippen LogP contribution in [0.2, 0.25) is 0 Å². The van der Waals surface area contributed by atoms with Crippen molar-refractivity contribution < 1.29 is 30.7 Å². The topological polar surface area (TPSA) is 137 Å². The van der Waals surface area contributed by atoms with Crippen LogP contribution in [0.5, 0.6) is 17.2 Å². The van der Waals surface area contributed by atoms with Gasteiger partial charge >= 0.3 is 0 Å². The van der Waals surface area contributed by atoms with Crippen LogP contribution in [0.25, 0.3) is 0 Å². The van der Waals surface area contributed by atoms with Gasteiger partial charge in [-0.25, -0.2) is 0 Å². The van der Waals surface area contributed by atoms with E-state index in [-0.39, 0.29) is 35.4 Å². The van der Waals surface area contributed by atoms with Crippen LogP contribution in [0.3, 0.4) is 0 Å². The van der Waals surface area contributed by atoms with Crippen LogP contribution in [-0.4, -0.2) is 60.5 Å². The van der Waals surface area contributed by atoms with Gasteiger partial charge in [-0.3, -0.25) is 0 Å². The summed E-state index contributed by atoms with van der Waals surface area (Å²) in [5, 5.41) is 61.2. The van der Waals surface area contributed by atoms with E-state index in [4.69, 9.17) is 5.11 Å². The van der Waals surface area contributed by atoms with Gasteiger partial charge in [-0.1, -0.05) is 18.6 Å². The molecule has 0 aromatic heterocycles. The number of nitrogens with one attached hydrogen (secondary N) is 1. The van der Waals surface area contributed by atoms with E-state index in [9.17, 15) is 25.6 Å². The molecule has 2 atom stereocenters. The number of hydrogen-bond acceptors (Lipinski definition) is 8. The van der Waals surface area contributed by atoms with Crippen molar-refractivity contribution in [3.05, 3.63) is 53.1 Å². The molecule has 8 heteroatoms. The normalized spacial score (nSPS) is 17.8. The average molecular weight is 463 g/mol. The van der Waals surface area contributed by atoms with Crippen molar-refractivity contribution in [2.75, 3.05) is 13.1 Å². The number of nitrogens with zero attached hydrogens (tertiary/aromatic N) is 1. The number of piperidine rings is 1. The van der Waals surface area contributed by atoms with E-state index >= 15 is 0 Å². The summed E-state index contributed by atoms with van der Waals surface area (Å²) in [4.78, 5) is 0. The number of benzene rings is 2. The summed E-state index contributed by atoms with van der Waals surface area (Å²) in [7, 11) is 0. The first kappa shape index (κ1) is 26.9. The lowest BCUT2D eigenvalue weighted by Crippen LogP contribution is -2.38. The standard InChI is InChI=1S/C13H21NO3.C12H17NO3/c1-13(2,3)14-7-12(17)9-4-5-11(16)10(6-9)8-15;14-11-5-4-9(8-12(11)15)7-10-3-1-2-6-13(10)16/h4-6,12,14-17H,7-8H2,1-3H3;4-5,8,10,14-16H,1-3,6-7H2. The molecular weight excluding hydrogens is 424 g/mol. The van der Waals surface area contributed by atoms with Crippen LogP contribution in [0.15, 0.2) is 36.4 Å². The number of β-amino-alcohol motifs (C(OH)–C–C–N with tert-alkyl or cyclic N) is 1. The van der Waals surface area contributed by atoms with E-state index < -0.39 is 6.10 Å². The van der Waals surface area contributed by atoms with Crippen molar-refractivity contribution in [2.45, 2.75) is 70.7 Å². The van der Waals surface area contributed by atoms with Gasteiger partial charge in [0.05, 0.1) is 12.7 Å². The highest BCUT2D eigenvalue weighted by molar-refractivity contribution is 5.40. The third-order valence-electron chi connectivity index (χ3n) is 5.59. The minimum atomic E-state index is -0.653. The zero-order valence-corrected chi connectivity index (χ0v) is 19.7. The third kappa shape index (κ3) is 8.83. The summed E-state index contributed by atoms with van der Waals surface area (Å²) in [5.74, 6) is -0.154. The molecular formula is C25H38N2O6. The number of aliphatic hydroxyl groups excluding tert-OH is 2. The Kier molecular flexibility index (Phi) is 9.94. The quantitative estimate of drug-likeness (QED) is 0.325. The van der Waals surface area contributed by atoms with E-state index in [1.165, 1.54) is 17.2 Å². The molecule has 0 aliphatic carbocycles. The van der Waals surface area contributed by atoms with Gasteiger partial charge in [0, 0.05) is 30.2 Å². The van der Waals surface area contributed by atoms with Crippen molar-refractivity contribution in [3.8, 4) is 17.2 Å². The van der Waals surface area contributed by atoms with Crippen molar-refractivity contribution in [1.82, 2.24) is 10.4 Å². The monoisotopic (exact) mass is 462 g/mol. The third-order valence-corrected chi connectivity index (χ3v) is 5.59. The summed E-state index contributed by atoms with van der Waals surface area (Å²) in [6.07, 6.45) is 3.18. The molecule has 0 bridgehead atoms.